The first-order valence-corrected chi connectivity index (χ1v) is 15.8. The Bertz CT molecular complexity index is 1640. The molecular formula is C33H33BrF5N3O5. The molecule has 2 aliphatic rings. The monoisotopic (exact) mass is 725 g/mol. The van der Waals surface area contributed by atoms with Crippen molar-refractivity contribution in [2.75, 3.05) is 0 Å². The number of nitrogens with one attached hydrogen (secondary N) is 1. The fourth-order valence-electron chi connectivity index (χ4n) is 6.29. The van der Waals surface area contributed by atoms with E-state index in [0.29, 0.717) is 46.7 Å². The number of fused-ring (bicyclic) bond motifs is 3. The molecule has 0 saturated carbocycles. The molecule has 5 rings (SSSR count). The minimum Gasteiger partial charge on any atom is -0.491 e. The second kappa shape index (κ2) is 13.4. The summed E-state index contributed by atoms with van der Waals surface area (Å²) in [5.41, 5.74) is 5.27. The van der Waals surface area contributed by atoms with Crippen molar-refractivity contribution < 1.29 is 45.8 Å². The van der Waals surface area contributed by atoms with Gasteiger partial charge < -0.3 is 25.4 Å². The van der Waals surface area contributed by atoms with E-state index >= 15 is 8.78 Å². The Morgan fingerprint density at radius 2 is 1.51 bits per heavy atom. The first-order chi connectivity index (χ1) is 22.0. The lowest BCUT2D eigenvalue weighted by Gasteiger charge is -2.41. The molecular weight excluding hydrogens is 693 g/mol. The fraction of sp³-hybridized carbons (Fsp3) is 0.424. The van der Waals surface area contributed by atoms with Gasteiger partial charge in [-0.1, -0.05) is 46.3 Å². The van der Waals surface area contributed by atoms with Gasteiger partial charge in [-0.2, -0.15) is 22.0 Å². The molecule has 3 aromatic rings. The second-order valence-corrected chi connectivity index (χ2v) is 13.1. The van der Waals surface area contributed by atoms with Crippen LogP contribution in [0.15, 0.2) is 65.1 Å². The molecule has 2 saturated heterocycles. The maximum Gasteiger partial charge on any atom is 0.490 e. The largest absolute Gasteiger partial charge is 0.491 e. The van der Waals surface area contributed by atoms with Crippen molar-refractivity contribution in [1.29, 1.82) is 0 Å². The number of halogens is 6. The van der Waals surface area contributed by atoms with Gasteiger partial charge in [0.2, 0.25) is 6.10 Å². The molecule has 2 unspecified atom stereocenters. The highest BCUT2D eigenvalue weighted by Gasteiger charge is 2.54. The molecule has 2 heterocycles. The summed E-state index contributed by atoms with van der Waals surface area (Å²) in [5.74, 6) is -8.85. The van der Waals surface area contributed by atoms with E-state index in [1.165, 1.54) is 35.2 Å². The van der Waals surface area contributed by atoms with Crippen LogP contribution in [0.1, 0.15) is 56.8 Å². The number of piperidine rings is 1. The minimum atomic E-state index is -5.50. The maximum absolute atomic E-state index is 16.3. The van der Waals surface area contributed by atoms with Gasteiger partial charge >= 0.3 is 18.1 Å². The van der Waals surface area contributed by atoms with Crippen LogP contribution >= 0.6 is 15.9 Å². The minimum absolute atomic E-state index is 0.135. The van der Waals surface area contributed by atoms with Crippen LogP contribution in [0, 0.1) is 0 Å². The van der Waals surface area contributed by atoms with Crippen LogP contribution in [-0.2, 0) is 25.0 Å². The SMILES string of the molecule is CC(C)Oc1ccc2cc([C@@H](OC(=O)C(F)(F)F)C(=O)N[C@@H](C(=O)N3C4CCC3CC(N)C4)C(F)(F)c3ccc(Br)cc3)ccc2c1. The van der Waals surface area contributed by atoms with Crippen LogP contribution in [0.25, 0.3) is 10.8 Å². The average molecular weight is 727 g/mol. The second-order valence-electron chi connectivity index (χ2n) is 12.2. The summed E-state index contributed by atoms with van der Waals surface area (Å²) in [4.78, 5) is 41.1. The zero-order chi connectivity index (χ0) is 34.3. The van der Waals surface area contributed by atoms with E-state index in [4.69, 9.17) is 10.5 Å². The van der Waals surface area contributed by atoms with Crippen molar-refractivity contribution >= 4 is 44.5 Å². The van der Waals surface area contributed by atoms with Crippen molar-refractivity contribution in [3.8, 4) is 5.75 Å². The first-order valence-electron chi connectivity index (χ1n) is 15.0. The zero-order valence-corrected chi connectivity index (χ0v) is 27.0. The molecule has 4 atom stereocenters. The van der Waals surface area contributed by atoms with Crippen molar-refractivity contribution in [3.63, 3.8) is 0 Å². The molecule has 8 nitrogen and oxygen atoms in total. The quantitative estimate of drug-likeness (QED) is 0.198. The number of amides is 2. The van der Waals surface area contributed by atoms with E-state index < -0.39 is 59.7 Å². The van der Waals surface area contributed by atoms with Gasteiger partial charge in [0.15, 0.2) is 6.04 Å². The third-order valence-corrected chi connectivity index (χ3v) is 8.88. The van der Waals surface area contributed by atoms with E-state index in [9.17, 15) is 27.6 Å². The Hall–Kier alpha value is -3.78. The van der Waals surface area contributed by atoms with Gasteiger partial charge in [-0.3, -0.25) is 9.59 Å². The highest BCUT2D eigenvalue weighted by atomic mass is 79.9. The Labute approximate surface area is 275 Å². The molecule has 47 heavy (non-hydrogen) atoms. The van der Waals surface area contributed by atoms with Gasteiger partial charge in [-0.15, -0.1) is 0 Å². The lowest BCUT2D eigenvalue weighted by Crippen LogP contribution is -2.61. The van der Waals surface area contributed by atoms with Crippen LogP contribution in [0.5, 0.6) is 5.75 Å². The van der Waals surface area contributed by atoms with Gasteiger partial charge in [-0.05, 0) is 80.6 Å². The van der Waals surface area contributed by atoms with Crippen LogP contribution < -0.4 is 15.8 Å². The van der Waals surface area contributed by atoms with Crippen LogP contribution in [0.4, 0.5) is 22.0 Å². The molecule has 3 aromatic carbocycles. The van der Waals surface area contributed by atoms with E-state index in [1.807, 2.05) is 19.2 Å². The number of carbonyl (C=O) groups is 3. The predicted molar refractivity (Wildman–Crippen MR) is 165 cm³/mol. The summed E-state index contributed by atoms with van der Waals surface area (Å²) < 4.78 is 83.5. The number of ether oxygens (including phenoxy) is 2. The molecule has 2 aliphatic heterocycles. The summed E-state index contributed by atoms with van der Waals surface area (Å²) in [6.07, 6.45) is -6.16. The molecule has 0 aliphatic carbocycles. The van der Waals surface area contributed by atoms with Gasteiger partial charge in [-0.25, -0.2) is 4.79 Å². The number of hydrogen-bond donors (Lipinski definition) is 2. The van der Waals surface area contributed by atoms with E-state index in [1.54, 1.807) is 18.2 Å². The highest BCUT2D eigenvalue weighted by Crippen LogP contribution is 2.40. The number of carbonyl (C=O) groups excluding carboxylic acids is 3. The molecule has 14 heteroatoms. The zero-order valence-electron chi connectivity index (χ0n) is 25.4. The van der Waals surface area contributed by atoms with Crippen molar-refractivity contribution in [3.05, 3.63) is 76.3 Å². The molecule has 3 N–H and O–H groups in total. The molecule has 0 radical (unpaired) electrons. The third-order valence-electron chi connectivity index (χ3n) is 8.35. The summed E-state index contributed by atoms with van der Waals surface area (Å²) in [5, 5.41) is 3.02. The number of nitrogens with two attached hydrogens (primary N) is 1. The van der Waals surface area contributed by atoms with Crippen LogP contribution in [-0.4, -0.2) is 59.1 Å². The average Bonchev–Trinajstić information content (AvgIpc) is 3.27. The normalized spacial score (nSPS) is 21.0. The number of nitrogens with zero attached hydrogens (tertiary/aromatic N) is 1. The fourth-order valence-corrected chi connectivity index (χ4v) is 6.55. The molecule has 2 amide bonds. The Morgan fingerprint density at radius 3 is 2.11 bits per heavy atom. The predicted octanol–water partition coefficient (Wildman–Crippen LogP) is 6.29. The van der Waals surface area contributed by atoms with Gasteiger partial charge in [0.1, 0.15) is 5.75 Å². The third kappa shape index (κ3) is 7.53. The summed E-state index contributed by atoms with van der Waals surface area (Å²) in [7, 11) is 0. The van der Waals surface area contributed by atoms with Crippen molar-refractivity contribution in [2.45, 2.75) is 88.0 Å². The number of rotatable bonds is 9. The molecule has 2 fully saturated rings. The highest BCUT2D eigenvalue weighted by molar-refractivity contribution is 9.10. The van der Waals surface area contributed by atoms with E-state index in [0.717, 1.165) is 12.1 Å². The van der Waals surface area contributed by atoms with Crippen LogP contribution in [0.2, 0.25) is 0 Å². The number of esters is 1. The Kier molecular flexibility index (Phi) is 9.84. The van der Waals surface area contributed by atoms with Crippen molar-refractivity contribution in [1.82, 2.24) is 10.2 Å². The topological polar surface area (TPSA) is 111 Å². The Morgan fingerprint density at radius 1 is 0.915 bits per heavy atom. The van der Waals surface area contributed by atoms with Gasteiger partial charge in [0, 0.05) is 33.7 Å². The first kappa shape index (κ1) is 34.6. The number of hydrogen-bond acceptors (Lipinski definition) is 6. The standard InChI is InChI=1S/C33H33BrF5N3O5/c1-17(2)46-26-12-5-18-13-20(4-3-19(18)14-26)27(47-31(45)33(37,38)39)29(43)41-28(32(35,36)21-6-8-22(34)9-7-21)30(44)42-24-10-11-25(42)16-23(40)15-24/h3-9,12-14,17,23-25,27-28H,10-11,15-16,40H2,1-2H3,(H,41,43)/t23?,24?,25?,27-,28+/m1/s1. The van der Waals surface area contributed by atoms with Crippen LogP contribution in [0.3, 0.4) is 0 Å². The molecule has 2 bridgehead atoms. The van der Waals surface area contributed by atoms with Crippen molar-refractivity contribution in [2.24, 2.45) is 5.73 Å². The van der Waals surface area contributed by atoms with E-state index in [-0.39, 0.29) is 17.7 Å². The summed E-state index contributed by atoms with van der Waals surface area (Å²) >= 11 is 3.18. The Balaban J connectivity index is 1.53. The number of benzene rings is 3. The van der Waals surface area contributed by atoms with E-state index in [2.05, 4.69) is 20.7 Å². The lowest BCUT2D eigenvalue weighted by atomic mass is 9.94. The van der Waals surface area contributed by atoms with Gasteiger partial charge in [0.05, 0.1) is 6.10 Å². The number of alkyl halides is 5. The summed E-state index contributed by atoms with van der Waals surface area (Å²) in [6, 6.07) is 10.0. The summed E-state index contributed by atoms with van der Waals surface area (Å²) in [6.45, 7) is 3.66. The molecule has 0 aromatic heterocycles. The lowest BCUT2D eigenvalue weighted by molar-refractivity contribution is -0.206. The molecule has 252 valence electrons. The van der Waals surface area contributed by atoms with Gasteiger partial charge in [0.25, 0.3) is 11.8 Å². The maximum atomic E-state index is 16.3. The molecule has 0 spiro atoms. The smallest absolute Gasteiger partial charge is 0.490 e.